The maximum Gasteiger partial charge on any atom is 0.253 e. The van der Waals surface area contributed by atoms with Gasteiger partial charge in [0.25, 0.3) is 5.91 Å². The topological polar surface area (TPSA) is 63.5 Å². The monoisotopic (exact) mass is 381 g/mol. The summed E-state index contributed by atoms with van der Waals surface area (Å²) in [6.07, 6.45) is 2.60. The van der Waals surface area contributed by atoms with Gasteiger partial charge in [0.1, 0.15) is 0 Å². The van der Waals surface area contributed by atoms with Crippen molar-refractivity contribution in [3.8, 4) is 6.07 Å². The summed E-state index contributed by atoms with van der Waals surface area (Å²) in [6, 6.07) is 8.94. The highest BCUT2D eigenvalue weighted by molar-refractivity contribution is 7.13. The number of benzene rings is 1. The lowest BCUT2D eigenvalue weighted by Crippen LogP contribution is -2.48. The van der Waals surface area contributed by atoms with Crippen LogP contribution in [0.2, 0.25) is 0 Å². The second-order valence-corrected chi connectivity index (χ2v) is 7.91. The molecule has 2 fully saturated rings. The van der Waals surface area contributed by atoms with E-state index in [-0.39, 0.29) is 5.91 Å². The smallest absolute Gasteiger partial charge is 0.253 e. The third kappa shape index (κ3) is 4.12. The van der Waals surface area contributed by atoms with Crippen LogP contribution in [-0.2, 0) is 6.54 Å². The van der Waals surface area contributed by atoms with Crippen LogP contribution in [-0.4, -0.2) is 60.0 Å². The molecular weight excluding hydrogens is 358 g/mol. The summed E-state index contributed by atoms with van der Waals surface area (Å²) in [4.78, 5) is 24.1. The first-order chi connectivity index (χ1) is 13.2. The fourth-order valence-electron chi connectivity index (χ4n) is 3.65. The van der Waals surface area contributed by atoms with E-state index >= 15 is 0 Å². The number of carbonyl (C=O) groups excluding carboxylic acids is 1. The summed E-state index contributed by atoms with van der Waals surface area (Å²) < 4.78 is 0. The molecule has 2 aliphatic rings. The molecule has 0 unspecified atom stereocenters. The number of anilines is 1. The zero-order chi connectivity index (χ0) is 18.6. The lowest BCUT2D eigenvalue weighted by atomic mass is 10.1. The summed E-state index contributed by atoms with van der Waals surface area (Å²) in [5, 5.41) is 12.1. The van der Waals surface area contributed by atoms with Crippen LogP contribution in [0.25, 0.3) is 0 Å². The van der Waals surface area contributed by atoms with Crippen molar-refractivity contribution in [2.24, 2.45) is 0 Å². The Kier molecular flexibility index (Phi) is 5.37. The first kappa shape index (κ1) is 18.0. The van der Waals surface area contributed by atoms with Crippen LogP contribution >= 0.6 is 11.3 Å². The third-order valence-corrected chi connectivity index (χ3v) is 6.17. The molecule has 0 aliphatic carbocycles. The van der Waals surface area contributed by atoms with Gasteiger partial charge < -0.3 is 9.80 Å². The molecule has 2 aliphatic heterocycles. The highest BCUT2D eigenvalue weighted by Gasteiger charge is 2.24. The van der Waals surface area contributed by atoms with Crippen LogP contribution in [0.4, 0.5) is 5.13 Å². The molecule has 0 atom stereocenters. The Morgan fingerprint density at radius 1 is 1.07 bits per heavy atom. The minimum atomic E-state index is 0.0352. The van der Waals surface area contributed by atoms with E-state index in [1.807, 2.05) is 4.90 Å². The second-order valence-electron chi connectivity index (χ2n) is 7.07. The minimum absolute atomic E-state index is 0.0352. The summed E-state index contributed by atoms with van der Waals surface area (Å²) in [6.45, 7) is 6.32. The summed E-state index contributed by atoms with van der Waals surface area (Å²) >= 11 is 1.70. The molecule has 3 heterocycles. The Bertz CT molecular complexity index is 827. The number of piperazine rings is 1. The van der Waals surface area contributed by atoms with Gasteiger partial charge in [-0.3, -0.25) is 9.69 Å². The van der Waals surface area contributed by atoms with Gasteiger partial charge in [0.05, 0.1) is 17.3 Å². The quantitative estimate of drug-likeness (QED) is 0.815. The number of thiazole rings is 1. The Hall–Kier alpha value is -2.43. The van der Waals surface area contributed by atoms with Crippen molar-refractivity contribution >= 4 is 22.4 Å². The molecule has 4 rings (SSSR count). The summed E-state index contributed by atoms with van der Waals surface area (Å²) in [7, 11) is 0. The molecule has 1 amide bonds. The fraction of sp³-hybridized carbons (Fsp3) is 0.450. The average Bonchev–Trinajstić information content (AvgIpc) is 3.40. The van der Waals surface area contributed by atoms with Crippen molar-refractivity contribution in [2.75, 3.05) is 44.2 Å². The van der Waals surface area contributed by atoms with Gasteiger partial charge in [0, 0.05) is 43.7 Å². The van der Waals surface area contributed by atoms with Crippen LogP contribution in [0.5, 0.6) is 0 Å². The normalized spacial score (nSPS) is 17.9. The van der Waals surface area contributed by atoms with Crippen molar-refractivity contribution in [1.29, 1.82) is 5.26 Å². The first-order valence-electron chi connectivity index (χ1n) is 9.44. The third-order valence-electron chi connectivity index (χ3n) is 5.22. The average molecular weight is 382 g/mol. The first-order valence-corrected chi connectivity index (χ1v) is 10.3. The number of nitrogens with zero attached hydrogens (tertiary/aromatic N) is 5. The molecule has 1 aromatic carbocycles. The molecule has 1 aromatic heterocycles. The number of rotatable bonds is 4. The molecule has 0 N–H and O–H groups in total. The molecule has 0 saturated carbocycles. The maximum absolute atomic E-state index is 12.6. The molecule has 0 radical (unpaired) electrons. The molecule has 27 heavy (non-hydrogen) atoms. The van der Waals surface area contributed by atoms with E-state index in [2.05, 4.69) is 21.2 Å². The van der Waals surface area contributed by atoms with Crippen LogP contribution in [0.1, 0.15) is 34.5 Å². The molecule has 2 aromatic rings. The van der Waals surface area contributed by atoms with E-state index in [0.717, 1.165) is 30.5 Å². The second kappa shape index (κ2) is 8.07. The van der Waals surface area contributed by atoms with Gasteiger partial charge in [-0.25, -0.2) is 4.98 Å². The number of amides is 1. The fourth-order valence-corrected chi connectivity index (χ4v) is 4.53. The molecule has 0 bridgehead atoms. The summed E-state index contributed by atoms with van der Waals surface area (Å²) in [5.41, 5.74) is 2.38. The Morgan fingerprint density at radius 3 is 2.44 bits per heavy atom. The predicted octanol–water partition coefficient (Wildman–Crippen LogP) is 2.57. The maximum atomic E-state index is 12.6. The molecule has 6 nitrogen and oxygen atoms in total. The highest BCUT2D eigenvalue weighted by Crippen LogP contribution is 2.24. The van der Waals surface area contributed by atoms with Crippen molar-refractivity contribution in [3.05, 3.63) is 46.5 Å². The van der Waals surface area contributed by atoms with E-state index < -0.39 is 0 Å². The van der Waals surface area contributed by atoms with E-state index in [9.17, 15) is 4.79 Å². The molecule has 140 valence electrons. The zero-order valence-corrected chi connectivity index (χ0v) is 16.1. The number of nitriles is 1. The van der Waals surface area contributed by atoms with Crippen molar-refractivity contribution < 1.29 is 4.79 Å². The molecule has 7 heteroatoms. The zero-order valence-electron chi connectivity index (χ0n) is 15.3. The van der Waals surface area contributed by atoms with Crippen LogP contribution in [0, 0.1) is 11.3 Å². The number of likely N-dealkylation sites (tertiary alicyclic amines) is 1. The number of aromatic nitrogens is 1. The predicted molar refractivity (Wildman–Crippen MR) is 106 cm³/mol. The lowest BCUT2D eigenvalue weighted by Gasteiger charge is -2.34. The van der Waals surface area contributed by atoms with Gasteiger partial charge >= 0.3 is 0 Å². The molecule has 2 saturated heterocycles. The van der Waals surface area contributed by atoms with E-state index in [1.165, 1.54) is 25.9 Å². The van der Waals surface area contributed by atoms with Gasteiger partial charge in [0.15, 0.2) is 5.13 Å². The van der Waals surface area contributed by atoms with Gasteiger partial charge in [-0.2, -0.15) is 5.26 Å². The van der Waals surface area contributed by atoms with Gasteiger partial charge in [-0.05, 0) is 50.2 Å². The highest BCUT2D eigenvalue weighted by atomic mass is 32.1. The van der Waals surface area contributed by atoms with Gasteiger partial charge in [0.2, 0.25) is 0 Å². The van der Waals surface area contributed by atoms with E-state index in [4.69, 9.17) is 10.2 Å². The number of hydrogen-bond acceptors (Lipinski definition) is 6. The van der Waals surface area contributed by atoms with E-state index in [0.29, 0.717) is 24.2 Å². The molecular formula is C20H23N5OS. The number of carbonyl (C=O) groups is 1. The standard InChI is InChI=1S/C20H23N5OS/c21-13-16-3-5-17(6-4-16)19(26)24-9-11-25(12-10-24)20-22-18(15-27-20)14-23-7-1-2-8-23/h3-6,15H,1-2,7-12,14H2. The van der Waals surface area contributed by atoms with E-state index in [1.54, 1.807) is 35.6 Å². The van der Waals surface area contributed by atoms with Crippen molar-refractivity contribution in [3.63, 3.8) is 0 Å². The van der Waals surface area contributed by atoms with Crippen LogP contribution in [0.15, 0.2) is 29.6 Å². The van der Waals surface area contributed by atoms with Crippen molar-refractivity contribution in [1.82, 2.24) is 14.8 Å². The summed E-state index contributed by atoms with van der Waals surface area (Å²) in [5.74, 6) is 0.0352. The largest absolute Gasteiger partial charge is 0.345 e. The molecule has 0 spiro atoms. The van der Waals surface area contributed by atoms with Crippen LogP contribution < -0.4 is 4.90 Å². The van der Waals surface area contributed by atoms with Gasteiger partial charge in [-0.15, -0.1) is 11.3 Å². The Morgan fingerprint density at radius 2 is 1.78 bits per heavy atom. The Balaban J connectivity index is 1.32. The SMILES string of the molecule is N#Cc1ccc(C(=O)N2CCN(c3nc(CN4CCCC4)cs3)CC2)cc1. The van der Waals surface area contributed by atoms with Gasteiger partial charge in [-0.1, -0.05) is 0 Å². The van der Waals surface area contributed by atoms with Crippen molar-refractivity contribution in [2.45, 2.75) is 19.4 Å². The minimum Gasteiger partial charge on any atom is -0.345 e. The Labute approximate surface area is 163 Å². The van der Waals surface area contributed by atoms with Crippen LogP contribution in [0.3, 0.4) is 0 Å². The number of hydrogen-bond donors (Lipinski definition) is 0. The lowest BCUT2D eigenvalue weighted by molar-refractivity contribution is 0.0746.